The van der Waals surface area contributed by atoms with Gasteiger partial charge in [-0.3, -0.25) is 4.79 Å². The molecule has 4 nitrogen and oxygen atoms in total. The number of nitrogens with two attached hydrogens (primary N) is 1. The number of methoxy groups -OCH3 is 2. The number of carbonyl (C=O) groups is 1. The molecule has 0 aromatic heterocycles. The predicted octanol–water partition coefficient (Wildman–Crippen LogP) is 2.04. The largest absolute Gasteiger partial charge is 0.496 e. The summed E-state index contributed by atoms with van der Waals surface area (Å²) < 4.78 is 10.2. The highest BCUT2D eigenvalue weighted by atomic mass is 16.5. The van der Waals surface area contributed by atoms with Crippen molar-refractivity contribution in [3.05, 3.63) is 29.8 Å². The maximum absolute atomic E-state index is 12.0. The lowest BCUT2D eigenvalue weighted by Gasteiger charge is -2.43. The molecule has 0 bridgehead atoms. The third-order valence-corrected chi connectivity index (χ3v) is 3.91. The van der Waals surface area contributed by atoms with E-state index in [1.54, 1.807) is 7.11 Å². The number of ether oxygens (including phenoxy) is 2. The average molecular weight is 249 g/mol. The van der Waals surface area contributed by atoms with Gasteiger partial charge in [0.25, 0.3) is 0 Å². The van der Waals surface area contributed by atoms with Crippen molar-refractivity contribution in [2.75, 3.05) is 14.2 Å². The molecular weight excluding hydrogens is 230 g/mol. The Morgan fingerprint density at radius 3 is 2.50 bits per heavy atom. The molecule has 2 rings (SSSR count). The van der Waals surface area contributed by atoms with Gasteiger partial charge in [-0.2, -0.15) is 0 Å². The molecule has 1 saturated carbocycles. The molecule has 1 aliphatic carbocycles. The van der Waals surface area contributed by atoms with Crippen LogP contribution in [0.1, 0.15) is 30.9 Å². The van der Waals surface area contributed by atoms with Crippen LogP contribution in [0.25, 0.3) is 0 Å². The van der Waals surface area contributed by atoms with Gasteiger partial charge in [-0.15, -0.1) is 0 Å². The van der Waals surface area contributed by atoms with E-state index >= 15 is 0 Å². The Labute approximate surface area is 107 Å². The number of hydrogen-bond acceptors (Lipinski definition) is 4. The number of carbonyl (C=O) groups excluding carboxylic acids is 1. The average Bonchev–Trinajstić information content (AvgIpc) is 2.36. The third-order valence-electron chi connectivity index (χ3n) is 3.91. The van der Waals surface area contributed by atoms with Gasteiger partial charge in [0.2, 0.25) is 0 Å². The fraction of sp³-hybridized carbons (Fsp3) is 0.500. The first kappa shape index (κ1) is 12.9. The van der Waals surface area contributed by atoms with E-state index in [9.17, 15) is 4.79 Å². The molecule has 1 aliphatic rings. The minimum Gasteiger partial charge on any atom is -0.496 e. The van der Waals surface area contributed by atoms with Crippen LogP contribution in [0.5, 0.6) is 5.75 Å². The van der Waals surface area contributed by atoms with Crippen LogP contribution in [0.2, 0.25) is 0 Å². The number of esters is 1. The Bertz CT molecular complexity index is 440. The summed E-state index contributed by atoms with van der Waals surface area (Å²) >= 11 is 0. The first-order valence-corrected chi connectivity index (χ1v) is 6.12. The highest BCUT2D eigenvalue weighted by molar-refractivity contribution is 5.79. The summed E-state index contributed by atoms with van der Waals surface area (Å²) in [5, 5.41) is 0. The van der Waals surface area contributed by atoms with E-state index in [1.807, 2.05) is 24.3 Å². The molecule has 0 heterocycles. The van der Waals surface area contributed by atoms with Crippen molar-refractivity contribution in [1.29, 1.82) is 0 Å². The van der Waals surface area contributed by atoms with Gasteiger partial charge in [0.05, 0.1) is 19.6 Å². The van der Waals surface area contributed by atoms with Crippen LogP contribution >= 0.6 is 0 Å². The van der Waals surface area contributed by atoms with Gasteiger partial charge in [-0.05, 0) is 18.9 Å². The fourth-order valence-corrected chi connectivity index (χ4v) is 2.62. The van der Waals surface area contributed by atoms with Crippen molar-refractivity contribution in [1.82, 2.24) is 0 Å². The lowest BCUT2D eigenvalue weighted by Crippen LogP contribution is -2.47. The highest BCUT2D eigenvalue weighted by Gasteiger charge is 2.51. The molecule has 1 aromatic carbocycles. The van der Waals surface area contributed by atoms with Crippen molar-refractivity contribution in [3.8, 4) is 5.75 Å². The maximum Gasteiger partial charge on any atom is 0.313 e. The van der Waals surface area contributed by atoms with Crippen LogP contribution < -0.4 is 10.5 Å². The standard InChI is InChI=1S/C14H19NO3/c1-17-11-7-4-3-6-10(11)12(15)14(8-5-9-14)13(16)18-2/h3-4,6-7,12H,5,8-9,15H2,1-2H3. The van der Waals surface area contributed by atoms with Gasteiger partial charge in [0.15, 0.2) is 0 Å². The lowest BCUT2D eigenvalue weighted by molar-refractivity contribution is -0.160. The zero-order valence-electron chi connectivity index (χ0n) is 10.8. The van der Waals surface area contributed by atoms with E-state index in [0.717, 1.165) is 30.6 Å². The minimum absolute atomic E-state index is 0.216. The van der Waals surface area contributed by atoms with E-state index in [-0.39, 0.29) is 12.0 Å². The van der Waals surface area contributed by atoms with Gasteiger partial charge >= 0.3 is 5.97 Å². The van der Waals surface area contributed by atoms with Crippen molar-refractivity contribution in [3.63, 3.8) is 0 Å². The molecule has 0 radical (unpaired) electrons. The minimum atomic E-state index is -0.580. The quantitative estimate of drug-likeness (QED) is 0.829. The molecule has 0 amide bonds. The Morgan fingerprint density at radius 2 is 2.00 bits per heavy atom. The summed E-state index contributed by atoms with van der Waals surface area (Å²) in [5.41, 5.74) is 6.59. The zero-order valence-corrected chi connectivity index (χ0v) is 10.8. The molecule has 0 aliphatic heterocycles. The number of benzene rings is 1. The fourth-order valence-electron chi connectivity index (χ4n) is 2.62. The molecule has 1 atom stereocenters. The van der Waals surface area contributed by atoms with E-state index in [4.69, 9.17) is 15.2 Å². The Hall–Kier alpha value is -1.55. The molecule has 18 heavy (non-hydrogen) atoms. The van der Waals surface area contributed by atoms with Crippen LogP contribution in [-0.4, -0.2) is 20.2 Å². The molecule has 4 heteroatoms. The van der Waals surface area contributed by atoms with Crippen molar-refractivity contribution >= 4 is 5.97 Å². The lowest BCUT2D eigenvalue weighted by atomic mass is 9.62. The smallest absolute Gasteiger partial charge is 0.313 e. The first-order valence-electron chi connectivity index (χ1n) is 6.12. The van der Waals surface area contributed by atoms with E-state index in [0.29, 0.717) is 0 Å². The van der Waals surface area contributed by atoms with E-state index < -0.39 is 5.41 Å². The summed E-state index contributed by atoms with van der Waals surface area (Å²) in [6.45, 7) is 0. The molecular formula is C14H19NO3. The van der Waals surface area contributed by atoms with Crippen LogP contribution in [0, 0.1) is 5.41 Å². The van der Waals surface area contributed by atoms with E-state index in [2.05, 4.69) is 0 Å². The van der Waals surface area contributed by atoms with Crippen LogP contribution in [0.15, 0.2) is 24.3 Å². The summed E-state index contributed by atoms with van der Waals surface area (Å²) in [6.07, 6.45) is 2.57. The summed E-state index contributed by atoms with van der Waals surface area (Å²) in [4.78, 5) is 12.0. The predicted molar refractivity (Wildman–Crippen MR) is 68.2 cm³/mol. The van der Waals surface area contributed by atoms with Crippen LogP contribution in [0.4, 0.5) is 0 Å². The number of para-hydroxylation sites is 1. The SMILES string of the molecule is COC(=O)C1(C(N)c2ccccc2OC)CCC1. The normalized spacial score (nSPS) is 18.6. The topological polar surface area (TPSA) is 61.5 Å². The molecule has 0 saturated heterocycles. The highest BCUT2D eigenvalue weighted by Crippen LogP contribution is 2.51. The number of hydrogen-bond donors (Lipinski definition) is 1. The monoisotopic (exact) mass is 249 g/mol. The van der Waals surface area contributed by atoms with Crippen LogP contribution in [0.3, 0.4) is 0 Å². The first-order chi connectivity index (χ1) is 8.65. The van der Waals surface area contributed by atoms with Gasteiger partial charge in [0.1, 0.15) is 5.75 Å². The molecule has 0 spiro atoms. The van der Waals surface area contributed by atoms with Gasteiger partial charge < -0.3 is 15.2 Å². The molecule has 1 aromatic rings. The summed E-state index contributed by atoms with van der Waals surface area (Å²) in [6, 6.07) is 7.18. The second kappa shape index (κ2) is 4.98. The van der Waals surface area contributed by atoms with Crippen molar-refractivity contribution in [2.24, 2.45) is 11.1 Å². The second-order valence-electron chi connectivity index (χ2n) is 4.72. The van der Waals surface area contributed by atoms with Crippen molar-refractivity contribution < 1.29 is 14.3 Å². The number of rotatable bonds is 4. The molecule has 1 fully saturated rings. The van der Waals surface area contributed by atoms with Gasteiger partial charge in [-0.25, -0.2) is 0 Å². The van der Waals surface area contributed by atoms with Crippen molar-refractivity contribution in [2.45, 2.75) is 25.3 Å². The Morgan fingerprint density at radius 1 is 1.33 bits per heavy atom. The maximum atomic E-state index is 12.0. The van der Waals surface area contributed by atoms with Gasteiger partial charge in [0, 0.05) is 11.6 Å². The Balaban J connectivity index is 2.35. The summed E-state index contributed by atoms with van der Waals surface area (Å²) in [5.74, 6) is 0.507. The Kier molecular flexibility index (Phi) is 3.57. The van der Waals surface area contributed by atoms with Crippen LogP contribution in [-0.2, 0) is 9.53 Å². The zero-order chi connectivity index (χ0) is 13.2. The van der Waals surface area contributed by atoms with E-state index in [1.165, 1.54) is 7.11 Å². The molecule has 98 valence electrons. The van der Waals surface area contributed by atoms with Gasteiger partial charge in [-0.1, -0.05) is 24.6 Å². The molecule has 1 unspecified atom stereocenters. The third kappa shape index (κ3) is 1.86. The summed E-state index contributed by atoms with van der Waals surface area (Å²) in [7, 11) is 3.02. The molecule has 2 N–H and O–H groups in total. The second-order valence-corrected chi connectivity index (χ2v) is 4.72.